The van der Waals surface area contributed by atoms with E-state index < -0.39 is 0 Å². The Morgan fingerprint density at radius 2 is 1.76 bits per heavy atom. The molecule has 3 rings (SSSR count). The number of aryl methyl sites for hydroxylation is 2. The highest BCUT2D eigenvalue weighted by Crippen LogP contribution is 2.38. The minimum absolute atomic E-state index is 0.688. The van der Waals surface area contributed by atoms with Gasteiger partial charge in [0.15, 0.2) is 0 Å². The molecule has 21 heavy (non-hydrogen) atoms. The Bertz CT molecular complexity index is 791. The van der Waals surface area contributed by atoms with Crippen molar-refractivity contribution in [1.82, 2.24) is 9.78 Å². The first-order chi connectivity index (χ1) is 10.1. The maximum Gasteiger partial charge on any atom is 0.129 e. The molecule has 0 aliphatic rings. The summed E-state index contributed by atoms with van der Waals surface area (Å²) < 4.78 is 2.96. The molecule has 0 aliphatic carbocycles. The van der Waals surface area contributed by atoms with Crippen molar-refractivity contribution in [1.29, 1.82) is 0 Å². The zero-order valence-corrected chi connectivity index (χ0v) is 14.1. The lowest BCUT2D eigenvalue weighted by molar-refractivity contribution is 0.782. The number of benzene rings is 2. The number of nitrogen functional groups attached to an aromatic ring is 1. The number of hydrogen-bond donors (Lipinski definition) is 1. The molecule has 0 aliphatic heterocycles. The topological polar surface area (TPSA) is 43.8 Å². The van der Waals surface area contributed by atoms with Crippen LogP contribution >= 0.6 is 22.6 Å². The van der Waals surface area contributed by atoms with Gasteiger partial charge in [0.25, 0.3) is 0 Å². The second kappa shape index (κ2) is 5.52. The lowest BCUT2D eigenvalue weighted by Gasteiger charge is -2.08. The van der Waals surface area contributed by atoms with E-state index in [2.05, 4.69) is 64.9 Å². The van der Waals surface area contributed by atoms with Crippen LogP contribution in [0.4, 0.5) is 5.82 Å². The molecule has 2 N–H and O–H groups in total. The van der Waals surface area contributed by atoms with Crippen LogP contribution in [0.5, 0.6) is 0 Å². The standard InChI is InChI=1S/C17H16IN3/c1-11-7-6-10-13(15(11)18)16-14(17(19)21(2)20-16)12-8-4-3-5-9-12/h3-10H,19H2,1-2H3. The first-order valence-corrected chi connectivity index (χ1v) is 7.81. The Morgan fingerprint density at radius 3 is 2.48 bits per heavy atom. The molecule has 1 aromatic heterocycles. The minimum atomic E-state index is 0.688. The third-order valence-electron chi connectivity index (χ3n) is 3.60. The number of anilines is 1. The summed E-state index contributed by atoms with van der Waals surface area (Å²) in [6.45, 7) is 2.11. The van der Waals surface area contributed by atoms with Crippen LogP contribution in [0.1, 0.15) is 5.56 Å². The number of nitrogens with zero attached hydrogens (tertiary/aromatic N) is 2. The predicted molar refractivity (Wildman–Crippen MR) is 95.9 cm³/mol. The van der Waals surface area contributed by atoms with E-state index in [1.165, 1.54) is 9.13 Å². The molecule has 0 saturated heterocycles. The average Bonchev–Trinajstić information content (AvgIpc) is 2.78. The fraction of sp³-hybridized carbons (Fsp3) is 0.118. The summed E-state index contributed by atoms with van der Waals surface area (Å²) in [7, 11) is 1.88. The number of rotatable bonds is 2. The molecular weight excluding hydrogens is 373 g/mol. The Morgan fingerprint density at radius 1 is 1.05 bits per heavy atom. The monoisotopic (exact) mass is 389 g/mol. The van der Waals surface area contributed by atoms with Gasteiger partial charge in [-0.1, -0.05) is 48.5 Å². The molecule has 2 aromatic carbocycles. The van der Waals surface area contributed by atoms with Crippen LogP contribution in [0.2, 0.25) is 0 Å². The van der Waals surface area contributed by atoms with Crippen LogP contribution in [0.15, 0.2) is 48.5 Å². The molecule has 0 amide bonds. The normalized spacial score (nSPS) is 10.8. The van der Waals surface area contributed by atoms with Crippen LogP contribution in [-0.2, 0) is 7.05 Å². The van der Waals surface area contributed by atoms with Crippen LogP contribution in [0.3, 0.4) is 0 Å². The third-order valence-corrected chi connectivity index (χ3v) is 5.03. The van der Waals surface area contributed by atoms with Crippen LogP contribution in [0.25, 0.3) is 22.4 Å². The van der Waals surface area contributed by atoms with Gasteiger partial charge in [0.2, 0.25) is 0 Å². The summed E-state index contributed by atoms with van der Waals surface area (Å²) in [6, 6.07) is 16.5. The Balaban J connectivity index is 2.30. The van der Waals surface area contributed by atoms with E-state index in [1.54, 1.807) is 4.68 Å². The molecule has 0 bridgehead atoms. The molecule has 0 spiro atoms. The average molecular weight is 389 g/mol. The van der Waals surface area contributed by atoms with Gasteiger partial charge >= 0.3 is 0 Å². The van der Waals surface area contributed by atoms with Crippen molar-refractivity contribution >= 4 is 28.4 Å². The van der Waals surface area contributed by atoms with E-state index in [4.69, 9.17) is 5.73 Å². The Hall–Kier alpha value is -1.82. The second-order valence-corrected chi connectivity index (χ2v) is 6.11. The van der Waals surface area contributed by atoms with Gasteiger partial charge in [-0.2, -0.15) is 5.10 Å². The zero-order valence-electron chi connectivity index (χ0n) is 12.0. The van der Waals surface area contributed by atoms with Gasteiger partial charge in [-0.15, -0.1) is 0 Å². The van der Waals surface area contributed by atoms with E-state index >= 15 is 0 Å². The van der Waals surface area contributed by atoms with Crippen molar-refractivity contribution < 1.29 is 0 Å². The second-order valence-electron chi connectivity index (χ2n) is 5.03. The molecule has 4 heteroatoms. The lowest BCUT2D eigenvalue weighted by atomic mass is 10.00. The fourth-order valence-corrected chi connectivity index (χ4v) is 3.06. The van der Waals surface area contributed by atoms with E-state index in [0.717, 1.165) is 22.4 Å². The van der Waals surface area contributed by atoms with E-state index in [1.807, 2.05) is 25.2 Å². The highest BCUT2D eigenvalue weighted by Gasteiger charge is 2.19. The molecule has 0 saturated carbocycles. The quantitative estimate of drug-likeness (QED) is 0.666. The summed E-state index contributed by atoms with van der Waals surface area (Å²) in [6.07, 6.45) is 0. The zero-order chi connectivity index (χ0) is 15.0. The summed E-state index contributed by atoms with van der Waals surface area (Å²) in [4.78, 5) is 0. The third kappa shape index (κ3) is 2.44. The highest BCUT2D eigenvalue weighted by molar-refractivity contribution is 14.1. The Kier molecular flexibility index (Phi) is 3.71. The summed E-state index contributed by atoms with van der Waals surface area (Å²) >= 11 is 2.38. The predicted octanol–water partition coefficient (Wildman–Crippen LogP) is 4.25. The smallest absolute Gasteiger partial charge is 0.129 e. The molecule has 0 radical (unpaired) electrons. The Labute approximate surface area is 137 Å². The van der Waals surface area contributed by atoms with E-state index in [-0.39, 0.29) is 0 Å². The molecule has 106 valence electrons. The van der Waals surface area contributed by atoms with Crippen molar-refractivity contribution in [2.75, 3.05) is 5.73 Å². The largest absolute Gasteiger partial charge is 0.383 e. The van der Waals surface area contributed by atoms with Crippen molar-refractivity contribution in [3.05, 3.63) is 57.7 Å². The molecule has 3 aromatic rings. The number of halogens is 1. The van der Waals surface area contributed by atoms with Gasteiger partial charge in [0, 0.05) is 16.2 Å². The van der Waals surface area contributed by atoms with Crippen molar-refractivity contribution in [3.63, 3.8) is 0 Å². The van der Waals surface area contributed by atoms with E-state index in [9.17, 15) is 0 Å². The molecular formula is C17H16IN3. The van der Waals surface area contributed by atoms with Crippen molar-refractivity contribution in [2.24, 2.45) is 7.05 Å². The first-order valence-electron chi connectivity index (χ1n) is 6.73. The van der Waals surface area contributed by atoms with Crippen molar-refractivity contribution in [2.45, 2.75) is 6.92 Å². The number of aromatic nitrogens is 2. The minimum Gasteiger partial charge on any atom is -0.383 e. The fourth-order valence-electron chi connectivity index (χ4n) is 2.45. The van der Waals surface area contributed by atoms with Crippen LogP contribution in [-0.4, -0.2) is 9.78 Å². The summed E-state index contributed by atoms with van der Waals surface area (Å²) in [5.41, 5.74) is 11.7. The van der Waals surface area contributed by atoms with Gasteiger partial charge in [0.1, 0.15) is 11.5 Å². The van der Waals surface area contributed by atoms with Gasteiger partial charge in [-0.05, 0) is 40.6 Å². The molecule has 0 fully saturated rings. The lowest BCUT2D eigenvalue weighted by Crippen LogP contribution is -1.97. The molecule has 3 nitrogen and oxygen atoms in total. The summed E-state index contributed by atoms with van der Waals surface area (Å²) in [5, 5.41) is 4.65. The van der Waals surface area contributed by atoms with Gasteiger partial charge in [-0.25, -0.2) is 0 Å². The molecule has 1 heterocycles. The van der Waals surface area contributed by atoms with Crippen molar-refractivity contribution in [3.8, 4) is 22.4 Å². The number of nitrogens with two attached hydrogens (primary N) is 1. The molecule has 0 unspecified atom stereocenters. The van der Waals surface area contributed by atoms with Gasteiger partial charge < -0.3 is 5.73 Å². The van der Waals surface area contributed by atoms with Crippen LogP contribution < -0.4 is 5.73 Å². The highest BCUT2D eigenvalue weighted by atomic mass is 127. The molecule has 0 atom stereocenters. The van der Waals surface area contributed by atoms with Gasteiger partial charge in [0.05, 0.1) is 5.56 Å². The van der Waals surface area contributed by atoms with Crippen LogP contribution in [0, 0.1) is 10.5 Å². The van der Waals surface area contributed by atoms with E-state index in [0.29, 0.717) is 5.82 Å². The first kappa shape index (κ1) is 14.1. The van der Waals surface area contributed by atoms with Gasteiger partial charge in [-0.3, -0.25) is 4.68 Å². The maximum absolute atomic E-state index is 6.26. The SMILES string of the molecule is Cc1cccc(-c2nn(C)c(N)c2-c2ccccc2)c1I. The maximum atomic E-state index is 6.26. The number of hydrogen-bond acceptors (Lipinski definition) is 2. The summed E-state index contributed by atoms with van der Waals surface area (Å²) in [5.74, 6) is 0.688.